The van der Waals surface area contributed by atoms with Crippen LogP contribution in [0.5, 0.6) is 34.5 Å². The van der Waals surface area contributed by atoms with Gasteiger partial charge in [-0.1, -0.05) is 100 Å². The molecule has 0 bridgehead atoms. The van der Waals surface area contributed by atoms with Gasteiger partial charge in [0.2, 0.25) is 0 Å². The summed E-state index contributed by atoms with van der Waals surface area (Å²) in [6.07, 6.45) is 2.09. The fraction of sp³-hybridized carbons (Fsp3) is 0.217. The van der Waals surface area contributed by atoms with Crippen molar-refractivity contribution in [3.05, 3.63) is 117 Å². The zero-order valence-electron chi connectivity index (χ0n) is 34.6. The van der Waals surface area contributed by atoms with Gasteiger partial charge in [-0.05, 0) is 58.7 Å². The Morgan fingerprint density at radius 2 is 0.850 bits per heavy atom. The van der Waals surface area contributed by atoms with Crippen LogP contribution in [0.15, 0.2) is 82.8 Å². The van der Waals surface area contributed by atoms with E-state index in [9.17, 15) is 50.4 Å². The van der Waals surface area contributed by atoms with E-state index in [1.54, 1.807) is 114 Å². The van der Waals surface area contributed by atoms with Crippen LogP contribution in [-0.4, -0.2) is 55.0 Å². The summed E-state index contributed by atoms with van der Waals surface area (Å²) in [6.45, 7) is 10.5. The first kappa shape index (κ1) is 47.6. The summed E-state index contributed by atoms with van der Waals surface area (Å²) in [5.74, 6) is -7.06. The number of hydrogen-bond donors (Lipinski definition) is 6. The number of aliphatic imine (C=N–C) groups is 2. The molecule has 0 saturated carbocycles. The molecule has 14 heteroatoms. The van der Waals surface area contributed by atoms with Crippen LogP contribution in [0.3, 0.4) is 0 Å². The van der Waals surface area contributed by atoms with E-state index >= 15 is 0 Å². The molecule has 0 aliphatic rings. The molecule has 12 nitrogen and oxygen atoms in total. The number of carbonyl (C=O) groups excluding carboxylic acids is 2. The minimum Gasteiger partial charge on any atom is -0.547 e. The molecule has 0 aliphatic heterocycles. The third kappa shape index (κ3) is 8.58. The second kappa shape index (κ2) is 19.1. The molecular weight excluding hydrogens is 786 g/mol. The summed E-state index contributed by atoms with van der Waals surface area (Å²) in [5, 5.41) is 95.5. The van der Waals surface area contributed by atoms with Crippen molar-refractivity contribution in [3.8, 4) is 45.6 Å². The van der Waals surface area contributed by atoms with Crippen LogP contribution in [0.25, 0.3) is 32.7 Å². The van der Waals surface area contributed by atoms with Gasteiger partial charge in [-0.2, -0.15) is 0 Å². The van der Waals surface area contributed by atoms with Crippen molar-refractivity contribution in [1.29, 1.82) is 0 Å². The van der Waals surface area contributed by atoms with Crippen LogP contribution in [0.2, 0.25) is 0 Å². The Labute approximate surface area is 390 Å². The Morgan fingerprint density at radius 3 is 1.13 bits per heavy atom. The first-order chi connectivity index (χ1) is 27.5. The minimum atomic E-state index is -1.53. The number of benzene rings is 6. The molecule has 0 aromatic heterocycles. The molecule has 0 heterocycles. The second-order valence-corrected chi connectivity index (χ2v) is 14.9. The molecule has 2 atom stereocenters. The van der Waals surface area contributed by atoms with Crippen molar-refractivity contribution < 1.29 is 110 Å². The third-order valence-corrected chi connectivity index (χ3v) is 10.4. The van der Waals surface area contributed by atoms with Crippen LogP contribution in [0.4, 0.5) is 0 Å². The molecule has 0 saturated heterocycles. The quantitative estimate of drug-likeness (QED) is 0.0606. The van der Waals surface area contributed by atoms with Gasteiger partial charge < -0.3 is 50.4 Å². The van der Waals surface area contributed by atoms with Crippen molar-refractivity contribution in [2.45, 2.75) is 65.5 Å². The molecule has 0 amide bonds. The third-order valence-electron chi connectivity index (χ3n) is 10.4. The maximum absolute atomic E-state index is 12.4. The van der Waals surface area contributed by atoms with Crippen LogP contribution in [0.1, 0.15) is 96.1 Å². The zero-order chi connectivity index (χ0) is 42.3. The van der Waals surface area contributed by atoms with Crippen LogP contribution < -0.4 is 69.3 Å². The van der Waals surface area contributed by atoms with Gasteiger partial charge in [0.1, 0.15) is 23.6 Å². The molecule has 298 valence electrons. The molecule has 0 spiro atoms. The number of phenolic OH excluding ortho intramolecular Hbond substituents is 6. The van der Waals surface area contributed by atoms with Gasteiger partial charge >= 0.3 is 59.1 Å². The Morgan fingerprint density at radius 1 is 0.533 bits per heavy atom. The first-order valence-electron chi connectivity index (χ1n) is 18.5. The van der Waals surface area contributed by atoms with E-state index in [4.69, 9.17) is 0 Å². The Kier molecular flexibility index (Phi) is 15.1. The average Bonchev–Trinajstić information content (AvgIpc) is 3.16. The molecule has 6 rings (SSSR count). The molecule has 6 N–H and O–H groups in total. The average molecular weight is 829 g/mol. The SMILES string of the molecule is Cc1cc2c(C(C)C)c(O)c(O)c(C=N[C@H](C(=O)[O-])c3ccccc3)c2c(O)c1-c1c(C)cc2c(C(C)C)c(O)c(O)c(C=N[C@H](C(=O)[O-])c3ccccc3)c2c1O.[Na+].[Na+]. The van der Waals surface area contributed by atoms with E-state index in [-0.39, 0.29) is 126 Å². The van der Waals surface area contributed by atoms with Gasteiger partial charge in [0, 0.05) is 56.6 Å². The van der Waals surface area contributed by atoms with Crippen molar-refractivity contribution in [1.82, 2.24) is 0 Å². The Balaban J connectivity index is 0.00000397. The van der Waals surface area contributed by atoms with E-state index in [1.165, 1.54) is 0 Å². The van der Waals surface area contributed by atoms with Crippen LogP contribution >= 0.6 is 0 Å². The van der Waals surface area contributed by atoms with Gasteiger partial charge in [-0.15, -0.1) is 0 Å². The number of nitrogens with zero attached hydrogens (tertiary/aromatic N) is 2. The van der Waals surface area contributed by atoms with Gasteiger partial charge in [0.15, 0.2) is 23.0 Å². The fourth-order valence-corrected chi connectivity index (χ4v) is 7.76. The first-order valence-corrected chi connectivity index (χ1v) is 18.5. The zero-order valence-corrected chi connectivity index (χ0v) is 38.6. The Bertz CT molecular complexity index is 2500. The predicted octanol–water partition coefficient (Wildman–Crippen LogP) is 0.585. The number of fused-ring (bicyclic) bond motifs is 2. The minimum absolute atomic E-state index is 0. The molecule has 0 aliphatic carbocycles. The standard InChI is InChI=1S/C46H44N2O10.2Na/c1-21(2)31-27-17-23(5)33(41(51)35(27)29(39(49)43(31)53)19-47-37(45(55)56)25-13-9-7-10-14-25)34-24(6)18-28-32(22(3)4)44(54)40(50)30(36(28)42(34)52)20-48-38(46(57)58)26-15-11-8-12-16-26;;/h7-22,37-38,49-54H,1-6H3,(H,55,56)(H,57,58);;/q;2*+1/p-2/t37-,38-;;/m0../s1. The van der Waals surface area contributed by atoms with Crippen LogP contribution in [0, 0.1) is 13.8 Å². The van der Waals surface area contributed by atoms with Gasteiger partial charge in [-0.3, -0.25) is 9.98 Å². The smallest absolute Gasteiger partial charge is 0.547 e. The van der Waals surface area contributed by atoms with E-state index in [0.717, 1.165) is 12.4 Å². The maximum atomic E-state index is 12.4. The largest absolute Gasteiger partial charge is 1.00 e. The monoisotopic (exact) mass is 828 g/mol. The van der Waals surface area contributed by atoms with Crippen molar-refractivity contribution in [3.63, 3.8) is 0 Å². The molecular formula is C46H42N2Na2O10. The number of carboxylic acids is 2. The van der Waals surface area contributed by atoms with E-state index < -0.39 is 58.5 Å². The van der Waals surface area contributed by atoms with Gasteiger partial charge in [-0.25, -0.2) is 0 Å². The van der Waals surface area contributed by atoms with Gasteiger partial charge in [0.05, 0.1) is 11.9 Å². The van der Waals surface area contributed by atoms with Crippen molar-refractivity contribution >= 4 is 45.9 Å². The predicted molar refractivity (Wildman–Crippen MR) is 218 cm³/mol. The summed E-state index contributed by atoms with van der Waals surface area (Å²) in [5.41, 5.74) is 1.72. The number of aromatic hydroxyl groups is 6. The molecule has 0 unspecified atom stereocenters. The number of rotatable bonds is 11. The summed E-state index contributed by atoms with van der Waals surface area (Å²) in [6, 6.07) is 16.4. The molecule has 60 heavy (non-hydrogen) atoms. The summed E-state index contributed by atoms with van der Waals surface area (Å²) in [7, 11) is 0. The number of aryl methyl sites for hydroxylation is 2. The summed E-state index contributed by atoms with van der Waals surface area (Å²) < 4.78 is 0. The second-order valence-electron chi connectivity index (χ2n) is 14.9. The topological polar surface area (TPSA) is 226 Å². The summed E-state index contributed by atoms with van der Waals surface area (Å²) in [4.78, 5) is 33.0. The molecule has 0 fully saturated rings. The number of hydrogen-bond acceptors (Lipinski definition) is 12. The van der Waals surface area contributed by atoms with Crippen molar-refractivity contribution in [2.75, 3.05) is 0 Å². The fourth-order valence-electron chi connectivity index (χ4n) is 7.76. The summed E-state index contributed by atoms with van der Waals surface area (Å²) >= 11 is 0. The maximum Gasteiger partial charge on any atom is 1.00 e. The van der Waals surface area contributed by atoms with Crippen LogP contribution in [-0.2, 0) is 9.59 Å². The molecule has 6 aromatic carbocycles. The number of phenols is 6. The van der Waals surface area contributed by atoms with Gasteiger partial charge in [0.25, 0.3) is 0 Å². The van der Waals surface area contributed by atoms with E-state index in [2.05, 4.69) is 9.98 Å². The van der Waals surface area contributed by atoms with Crippen molar-refractivity contribution in [2.24, 2.45) is 9.98 Å². The normalized spacial score (nSPS) is 12.6. The van der Waals surface area contributed by atoms with E-state index in [1.807, 2.05) is 0 Å². The number of aliphatic carboxylic acids is 2. The number of carboxylic acid groups (broad SMARTS) is 2. The molecule has 0 radical (unpaired) electrons. The Hall–Kier alpha value is -5.08. The van der Waals surface area contributed by atoms with E-state index in [0.29, 0.717) is 21.9 Å². The number of carbonyl (C=O) groups is 2. The molecule has 6 aromatic rings.